The van der Waals surface area contributed by atoms with Crippen molar-refractivity contribution in [2.45, 2.75) is 58.4 Å². The molecule has 0 radical (unpaired) electrons. The van der Waals surface area contributed by atoms with Gasteiger partial charge in [-0.2, -0.15) is 0 Å². The Labute approximate surface area is 131 Å². The zero-order valence-corrected chi connectivity index (χ0v) is 13.6. The molecule has 0 spiro atoms. The summed E-state index contributed by atoms with van der Waals surface area (Å²) < 4.78 is 10.7. The van der Waals surface area contributed by atoms with Crippen molar-refractivity contribution in [2.75, 3.05) is 14.2 Å². The summed E-state index contributed by atoms with van der Waals surface area (Å²) in [5.74, 6) is -1.32. The van der Waals surface area contributed by atoms with E-state index in [-0.39, 0.29) is 11.4 Å². The van der Waals surface area contributed by atoms with Crippen LogP contribution < -0.4 is 0 Å². The lowest BCUT2D eigenvalue weighted by atomic mass is 10.1. The highest BCUT2D eigenvalue weighted by Crippen LogP contribution is 2.12. The SMILES string of the molecule is CCCCCCCCCn1nnc(C(=O)OC)c1C(=O)OC. The van der Waals surface area contributed by atoms with E-state index in [2.05, 4.69) is 22.0 Å². The highest BCUT2D eigenvalue weighted by molar-refractivity contribution is 6.00. The van der Waals surface area contributed by atoms with Gasteiger partial charge in [0.05, 0.1) is 14.2 Å². The molecule has 0 unspecified atom stereocenters. The normalized spacial score (nSPS) is 10.5. The van der Waals surface area contributed by atoms with E-state index in [0.29, 0.717) is 6.54 Å². The molecule has 22 heavy (non-hydrogen) atoms. The number of aryl methyl sites for hydroxylation is 1. The van der Waals surface area contributed by atoms with Crippen LogP contribution in [-0.2, 0) is 16.0 Å². The Morgan fingerprint density at radius 1 is 0.955 bits per heavy atom. The fourth-order valence-electron chi connectivity index (χ4n) is 2.22. The third kappa shape index (κ3) is 5.13. The van der Waals surface area contributed by atoms with Gasteiger partial charge >= 0.3 is 11.9 Å². The molecule has 0 N–H and O–H groups in total. The lowest BCUT2D eigenvalue weighted by Gasteiger charge is -2.06. The molecule has 0 amide bonds. The van der Waals surface area contributed by atoms with Crippen LogP contribution in [0.2, 0.25) is 0 Å². The Bertz CT molecular complexity index is 485. The van der Waals surface area contributed by atoms with E-state index in [1.807, 2.05) is 0 Å². The van der Waals surface area contributed by atoms with Gasteiger partial charge in [0.15, 0.2) is 5.69 Å². The average molecular weight is 311 g/mol. The van der Waals surface area contributed by atoms with Gasteiger partial charge in [0.2, 0.25) is 5.69 Å². The van der Waals surface area contributed by atoms with Gasteiger partial charge in [0, 0.05) is 6.54 Å². The predicted molar refractivity (Wildman–Crippen MR) is 80.7 cm³/mol. The number of carbonyl (C=O) groups is 2. The summed E-state index contributed by atoms with van der Waals surface area (Å²) in [4.78, 5) is 23.4. The second kappa shape index (κ2) is 9.92. The number of carbonyl (C=O) groups excluding carboxylic acids is 2. The standard InChI is InChI=1S/C15H25N3O4/c1-4-5-6-7-8-9-10-11-18-13(15(20)22-3)12(16-17-18)14(19)21-2/h4-11H2,1-3H3. The van der Waals surface area contributed by atoms with Crippen LogP contribution in [0.15, 0.2) is 0 Å². The largest absolute Gasteiger partial charge is 0.464 e. The maximum absolute atomic E-state index is 11.8. The van der Waals surface area contributed by atoms with E-state index >= 15 is 0 Å². The van der Waals surface area contributed by atoms with Gasteiger partial charge in [-0.15, -0.1) is 5.10 Å². The molecule has 0 atom stereocenters. The van der Waals surface area contributed by atoms with Gasteiger partial charge in [-0.3, -0.25) is 0 Å². The molecule has 0 aliphatic heterocycles. The molecule has 7 nitrogen and oxygen atoms in total. The van der Waals surface area contributed by atoms with Crippen molar-refractivity contribution < 1.29 is 19.1 Å². The molecule has 0 aliphatic rings. The molecular weight excluding hydrogens is 286 g/mol. The monoisotopic (exact) mass is 311 g/mol. The highest BCUT2D eigenvalue weighted by atomic mass is 16.5. The minimum absolute atomic E-state index is 0.0559. The van der Waals surface area contributed by atoms with Crippen LogP contribution in [0.3, 0.4) is 0 Å². The van der Waals surface area contributed by atoms with Gasteiger partial charge < -0.3 is 9.47 Å². The topological polar surface area (TPSA) is 83.3 Å². The third-order valence-corrected chi connectivity index (χ3v) is 3.47. The lowest BCUT2D eigenvalue weighted by molar-refractivity contribution is 0.0543. The fraction of sp³-hybridized carbons (Fsp3) is 0.733. The summed E-state index contributed by atoms with van der Waals surface area (Å²) in [6, 6.07) is 0. The van der Waals surface area contributed by atoms with Crippen molar-refractivity contribution in [1.82, 2.24) is 15.0 Å². The first-order valence-corrected chi connectivity index (χ1v) is 7.75. The van der Waals surface area contributed by atoms with Gasteiger partial charge in [0.25, 0.3) is 0 Å². The second-order valence-corrected chi connectivity index (χ2v) is 5.11. The number of ether oxygens (including phenoxy) is 2. The van der Waals surface area contributed by atoms with Crippen molar-refractivity contribution in [3.8, 4) is 0 Å². The molecule has 1 aromatic rings. The summed E-state index contributed by atoms with van der Waals surface area (Å²) in [5, 5.41) is 7.60. The quantitative estimate of drug-likeness (QED) is 0.488. The van der Waals surface area contributed by atoms with Gasteiger partial charge in [0.1, 0.15) is 0 Å². The van der Waals surface area contributed by atoms with E-state index in [4.69, 9.17) is 4.74 Å². The van der Waals surface area contributed by atoms with Crippen molar-refractivity contribution in [3.63, 3.8) is 0 Å². The number of unbranched alkanes of at least 4 members (excludes halogenated alkanes) is 6. The molecule has 7 heteroatoms. The van der Waals surface area contributed by atoms with Crippen LogP contribution in [-0.4, -0.2) is 41.2 Å². The van der Waals surface area contributed by atoms with E-state index in [1.165, 1.54) is 44.6 Å². The Morgan fingerprint density at radius 2 is 1.55 bits per heavy atom. The minimum atomic E-state index is -0.689. The zero-order valence-electron chi connectivity index (χ0n) is 13.6. The molecule has 1 aromatic heterocycles. The molecule has 0 fully saturated rings. The van der Waals surface area contributed by atoms with E-state index in [0.717, 1.165) is 19.3 Å². The minimum Gasteiger partial charge on any atom is -0.464 e. The fourth-order valence-corrected chi connectivity index (χ4v) is 2.22. The number of rotatable bonds is 10. The van der Waals surface area contributed by atoms with Gasteiger partial charge in [-0.05, 0) is 6.42 Å². The number of esters is 2. The summed E-state index contributed by atoms with van der Waals surface area (Å²) in [5.41, 5.74) is -0.0439. The summed E-state index contributed by atoms with van der Waals surface area (Å²) >= 11 is 0. The summed E-state index contributed by atoms with van der Waals surface area (Å²) in [6.07, 6.45) is 8.09. The van der Waals surface area contributed by atoms with E-state index in [9.17, 15) is 9.59 Å². The number of aromatic nitrogens is 3. The van der Waals surface area contributed by atoms with Crippen molar-refractivity contribution in [3.05, 3.63) is 11.4 Å². The summed E-state index contributed by atoms with van der Waals surface area (Å²) in [6.45, 7) is 2.72. The Hall–Kier alpha value is -1.92. The van der Waals surface area contributed by atoms with Crippen LogP contribution in [0, 0.1) is 0 Å². The van der Waals surface area contributed by atoms with Gasteiger partial charge in [-0.1, -0.05) is 50.7 Å². The highest BCUT2D eigenvalue weighted by Gasteiger charge is 2.26. The first-order valence-electron chi connectivity index (χ1n) is 7.75. The first-order chi connectivity index (χ1) is 10.7. The van der Waals surface area contributed by atoms with Crippen molar-refractivity contribution in [2.24, 2.45) is 0 Å². The first kappa shape index (κ1) is 18.1. The van der Waals surface area contributed by atoms with Crippen LogP contribution in [0.4, 0.5) is 0 Å². The predicted octanol–water partition coefficient (Wildman–Crippen LogP) is 2.60. The molecule has 0 saturated carbocycles. The Kier molecular flexibility index (Phi) is 8.17. The number of hydrogen-bond acceptors (Lipinski definition) is 6. The van der Waals surface area contributed by atoms with Gasteiger partial charge in [-0.25, -0.2) is 14.3 Å². The molecular formula is C15H25N3O4. The summed E-state index contributed by atoms with van der Waals surface area (Å²) in [7, 11) is 2.49. The Balaban J connectivity index is 2.57. The zero-order chi connectivity index (χ0) is 16.4. The van der Waals surface area contributed by atoms with Crippen molar-refractivity contribution in [1.29, 1.82) is 0 Å². The molecule has 0 aliphatic carbocycles. The van der Waals surface area contributed by atoms with Crippen molar-refractivity contribution >= 4 is 11.9 Å². The average Bonchev–Trinajstić information content (AvgIpc) is 2.96. The number of hydrogen-bond donors (Lipinski definition) is 0. The van der Waals surface area contributed by atoms with Crippen LogP contribution in [0.1, 0.15) is 72.8 Å². The second-order valence-electron chi connectivity index (χ2n) is 5.11. The maximum Gasteiger partial charge on any atom is 0.361 e. The van der Waals surface area contributed by atoms with E-state index in [1.54, 1.807) is 0 Å². The van der Waals surface area contributed by atoms with Crippen LogP contribution >= 0.6 is 0 Å². The molecule has 1 heterocycles. The van der Waals surface area contributed by atoms with E-state index < -0.39 is 11.9 Å². The van der Waals surface area contributed by atoms with Crippen LogP contribution in [0.5, 0.6) is 0 Å². The number of methoxy groups -OCH3 is 2. The molecule has 0 saturated heterocycles. The molecule has 0 bridgehead atoms. The molecule has 124 valence electrons. The molecule has 0 aromatic carbocycles. The number of nitrogens with zero attached hydrogens (tertiary/aromatic N) is 3. The third-order valence-electron chi connectivity index (χ3n) is 3.47. The lowest BCUT2D eigenvalue weighted by Crippen LogP contribution is -2.16. The maximum atomic E-state index is 11.8. The smallest absolute Gasteiger partial charge is 0.361 e. The van der Waals surface area contributed by atoms with Crippen LogP contribution in [0.25, 0.3) is 0 Å². The molecule has 1 rings (SSSR count). The Morgan fingerprint density at radius 3 is 2.14 bits per heavy atom.